The molecule has 1 N–H and O–H groups in total. The summed E-state index contributed by atoms with van der Waals surface area (Å²) >= 11 is 2.03. The highest BCUT2D eigenvalue weighted by atomic mass is 32.2. The van der Waals surface area contributed by atoms with Crippen molar-refractivity contribution in [1.82, 2.24) is 4.90 Å². The molecule has 0 aliphatic carbocycles. The highest BCUT2D eigenvalue weighted by molar-refractivity contribution is 7.99. The van der Waals surface area contributed by atoms with Gasteiger partial charge in [-0.1, -0.05) is 0 Å². The van der Waals surface area contributed by atoms with Gasteiger partial charge >= 0.3 is 0 Å². The van der Waals surface area contributed by atoms with Gasteiger partial charge < -0.3 is 9.84 Å². The third-order valence-corrected chi connectivity index (χ3v) is 5.47. The molecule has 3 heterocycles. The van der Waals surface area contributed by atoms with Gasteiger partial charge in [0.25, 0.3) is 0 Å². The van der Waals surface area contributed by atoms with E-state index in [9.17, 15) is 5.11 Å². The number of hydrogen-bond donors (Lipinski definition) is 1. The van der Waals surface area contributed by atoms with Gasteiger partial charge in [-0.3, -0.25) is 4.90 Å². The minimum Gasteiger partial charge on any atom is -0.392 e. The van der Waals surface area contributed by atoms with Crippen LogP contribution in [-0.4, -0.2) is 59.0 Å². The Morgan fingerprint density at radius 1 is 1.38 bits per heavy atom. The Labute approximate surface area is 102 Å². The average Bonchev–Trinajstić information content (AvgIpc) is 2.89. The molecule has 92 valence electrons. The van der Waals surface area contributed by atoms with Crippen molar-refractivity contribution >= 4 is 11.8 Å². The highest BCUT2D eigenvalue weighted by Gasteiger charge is 2.42. The number of nitrogens with zero attached hydrogens (tertiary/aromatic N) is 1. The van der Waals surface area contributed by atoms with E-state index in [1.807, 2.05) is 11.8 Å². The number of hydrogen-bond acceptors (Lipinski definition) is 4. The lowest BCUT2D eigenvalue weighted by atomic mass is 9.89. The molecule has 3 aliphatic heterocycles. The van der Waals surface area contributed by atoms with Crippen LogP contribution in [0.15, 0.2) is 0 Å². The molecule has 0 aromatic rings. The van der Waals surface area contributed by atoms with Crippen LogP contribution in [-0.2, 0) is 4.74 Å². The van der Waals surface area contributed by atoms with Crippen LogP contribution in [0.5, 0.6) is 0 Å². The summed E-state index contributed by atoms with van der Waals surface area (Å²) in [7, 11) is 0. The summed E-state index contributed by atoms with van der Waals surface area (Å²) in [5.41, 5.74) is 0.182. The Morgan fingerprint density at radius 2 is 2.31 bits per heavy atom. The van der Waals surface area contributed by atoms with Gasteiger partial charge in [-0.25, -0.2) is 0 Å². The van der Waals surface area contributed by atoms with E-state index in [0.717, 1.165) is 32.5 Å². The first-order chi connectivity index (χ1) is 7.77. The molecule has 3 fully saturated rings. The van der Waals surface area contributed by atoms with E-state index in [4.69, 9.17) is 4.74 Å². The van der Waals surface area contributed by atoms with Crippen LogP contribution in [0.4, 0.5) is 0 Å². The molecule has 0 saturated carbocycles. The normalized spacial score (nSPS) is 45.6. The number of ether oxygens (including phenoxy) is 1. The second-order valence-corrected chi connectivity index (χ2v) is 6.52. The number of rotatable bonds is 1. The Balaban J connectivity index is 1.63. The fourth-order valence-corrected chi connectivity index (χ4v) is 4.65. The van der Waals surface area contributed by atoms with Crippen LogP contribution in [0.25, 0.3) is 0 Å². The maximum absolute atomic E-state index is 9.61. The van der Waals surface area contributed by atoms with Crippen LogP contribution in [0.3, 0.4) is 0 Å². The number of aliphatic hydroxyl groups is 1. The SMILES string of the molecule is O[C@@H]1CCN(C2CCOC3(CCSC3)C2)C1. The standard InChI is InChI=1S/C12H21NO2S/c14-11-1-4-13(8-11)10-2-5-15-12(7-10)3-6-16-9-12/h10-11,14H,1-9H2/t10?,11-,12?/m1/s1. The monoisotopic (exact) mass is 243 g/mol. The van der Waals surface area contributed by atoms with Gasteiger partial charge in [0.05, 0.1) is 11.7 Å². The van der Waals surface area contributed by atoms with Crippen LogP contribution < -0.4 is 0 Å². The molecule has 0 radical (unpaired) electrons. The zero-order chi connectivity index (χ0) is 11.0. The fourth-order valence-electron chi connectivity index (χ4n) is 3.28. The van der Waals surface area contributed by atoms with Gasteiger partial charge in [-0.05, 0) is 31.4 Å². The van der Waals surface area contributed by atoms with Gasteiger partial charge in [0.2, 0.25) is 0 Å². The van der Waals surface area contributed by atoms with Crippen molar-refractivity contribution in [2.45, 2.75) is 43.4 Å². The minimum absolute atomic E-state index is 0.0863. The van der Waals surface area contributed by atoms with Crippen molar-refractivity contribution in [3.8, 4) is 0 Å². The maximum Gasteiger partial charge on any atom is 0.0795 e. The van der Waals surface area contributed by atoms with E-state index < -0.39 is 0 Å². The number of likely N-dealkylation sites (tertiary alicyclic amines) is 1. The van der Waals surface area contributed by atoms with Crippen LogP contribution in [0.1, 0.15) is 25.7 Å². The number of thioether (sulfide) groups is 1. The maximum atomic E-state index is 9.61. The van der Waals surface area contributed by atoms with Crippen molar-refractivity contribution in [2.24, 2.45) is 0 Å². The Hall–Kier alpha value is 0.230. The molecule has 1 spiro atoms. The van der Waals surface area contributed by atoms with Crippen molar-refractivity contribution in [2.75, 3.05) is 31.2 Å². The highest BCUT2D eigenvalue weighted by Crippen LogP contribution is 2.40. The molecule has 3 nitrogen and oxygen atoms in total. The zero-order valence-corrected chi connectivity index (χ0v) is 10.5. The smallest absolute Gasteiger partial charge is 0.0795 e. The average molecular weight is 243 g/mol. The summed E-state index contributed by atoms with van der Waals surface area (Å²) in [5.74, 6) is 2.44. The second kappa shape index (κ2) is 4.48. The van der Waals surface area contributed by atoms with E-state index in [0.29, 0.717) is 6.04 Å². The summed E-state index contributed by atoms with van der Waals surface area (Å²) in [6.07, 6.45) is 4.44. The summed E-state index contributed by atoms with van der Waals surface area (Å²) < 4.78 is 6.03. The Morgan fingerprint density at radius 3 is 3.00 bits per heavy atom. The molecule has 4 heteroatoms. The Kier molecular flexibility index (Phi) is 3.17. The largest absolute Gasteiger partial charge is 0.392 e. The van der Waals surface area contributed by atoms with Gasteiger partial charge in [0, 0.05) is 31.5 Å². The first-order valence-corrected chi connectivity index (χ1v) is 7.57. The molecule has 3 saturated heterocycles. The molecule has 0 bridgehead atoms. The molecular formula is C12H21NO2S. The van der Waals surface area contributed by atoms with E-state index in [1.165, 1.54) is 24.3 Å². The molecule has 0 aromatic carbocycles. The third-order valence-electron chi connectivity index (χ3n) is 4.25. The van der Waals surface area contributed by atoms with Crippen molar-refractivity contribution in [3.63, 3.8) is 0 Å². The van der Waals surface area contributed by atoms with E-state index in [-0.39, 0.29) is 11.7 Å². The van der Waals surface area contributed by atoms with Crippen LogP contribution in [0, 0.1) is 0 Å². The van der Waals surface area contributed by atoms with Gasteiger partial charge in [-0.15, -0.1) is 0 Å². The van der Waals surface area contributed by atoms with E-state index >= 15 is 0 Å². The van der Waals surface area contributed by atoms with Gasteiger partial charge in [0.1, 0.15) is 0 Å². The lowest BCUT2D eigenvalue weighted by Crippen LogP contribution is -2.48. The van der Waals surface area contributed by atoms with Crippen molar-refractivity contribution < 1.29 is 9.84 Å². The van der Waals surface area contributed by atoms with Gasteiger partial charge in [0.15, 0.2) is 0 Å². The molecule has 3 rings (SSSR count). The predicted molar refractivity (Wildman–Crippen MR) is 65.8 cm³/mol. The van der Waals surface area contributed by atoms with Crippen LogP contribution in [0.2, 0.25) is 0 Å². The molecule has 2 unspecified atom stereocenters. The lowest BCUT2D eigenvalue weighted by molar-refractivity contribution is -0.0877. The van der Waals surface area contributed by atoms with E-state index in [1.54, 1.807) is 0 Å². The molecular weight excluding hydrogens is 222 g/mol. The predicted octanol–water partition coefficient (Wildman–Crippen LogP) is 1.11. The Bertz CT molecular complexity index is 255. The third kappa shape index (κ3) is 2.13. The number of aliphatic hydroxyl groups excluding tert-OH is 1. The van der Waals surface area contributed by atoms with Crippen molar-refractivity contribution in [1.29, 1.82) is 0 Å². The fraction of sp³-hybridized carbons (Fsp3) is 1.00. The lowest BCUT2D eigenvalue weighted by Gasteiger charge is -2.41. The van der Waals surface area contributed by atoms with E-state index in [2.05, 4.69) is 4.90 Å². The molecule has 16 heavy (non-hydrogen) atoms. The first kappa shape index (κ1) is 11.3. The van der Waals surface area contributed by atoms with Gasteiger partial charge in [-0.2, -0.15) is 11.8 Å². The number of β-amino-alcohol motifs (C(OH)–C–C–N with tert-alkyl or cyclic N) is 1. The topological polar surface area (TPSA) is 32.7 Å². The summed E-state index contributed by atoms with van der Waals surface area (Å²) in [5, 5.41) is 9.61. The molecule has 3 atom stereocenters. The minimum atomic E-state index is -0.0863. The van der Waals surface area contributed by atoms with Crippen molar-refractivity contribution in [3.05, 3.63) is 0 Å². The quantitative estimate of drug-likeness (QED) is 0.748. The summed E-state index contributed by atoms with van der Waals surface area (Å²) in [4.78, 5) is 2.48. The molecule has 3 aliphatic rings. The molecule has 0 amide bonds. The zero-order valence-electron chi connectivity index (χ0n) is 9.73. The first-order valence-electron chi connectivity index (χ1n) is 6.41. The second-order valence-electron chi connectivity index (χ2n) is 5.42. The molecule has 0 aromatic heterocycles. The summed E-state index contributed by atoms with van der Waals surface area (Å²) in [6.45, 7) is 2.88. The van der Waals surface area contributed by atoms with Crippen LogP contribution >= 0.6 is 11.8 Å². The summed E-state index contributed by atoms with van der Waals surface area (Å²) in [6, 6.07) is 0.657.